The Kier molecular flexibility index (Phi) is 10.5. The number of carbonyl (C=O) groups is 3. The van der Waals surface area contributed by atoms with Crippen molar-refractivity contribution in [2.24, 2.45) is 5.92 Å². The first-order valence-electron chi connectivity index (χ1n) is 13.0. The van der Waals surface area contributed by atoms with Crippen LogP contribution >= 0.6 is 0 Å². The molecule has 0 spiro atoms. The zero-order valence-corrected chi connectivity index (χ0v) is 21.5. The van der Waals surface area contributed by atoms with Crippen LogP contribution in [-0.4, -0.2) is 52.7 Å². The molecule has 0 aliphatic heterocycles. The van der Waals surface area contributed by atoms with E-state index in [4.69, 9.17) is 4.74 Å². The van der Waals surface area contributed by atoms with Crippen LogP contribution in [0.25, 0.3) is 10.9 Å². The second kappa shape index (κ2) is 13.8. The van der Waals surface area contributed by atoms with E-state index < -0.39 is 17.5 Å². The second-order valence-electron chi connectivity index (χ2n) is 9.90. The zero-order chi connectivity index (χ0) is 26.7. The summed E-state index contributed by atoms with van der Waals surface area (Å²) in [5.41, 5.74) is 1.38. The number of ether oxygens (including phenoxy) is 1. The summed E-state index contributed by atoms with van der Waals surface area (Å²) < 4.78 is 5.47. The van der Waals surface area contributed by atoms with Crippen LogP contribution in [0.3, 0.4) is 0 Å². The lowest BCUT2D eigenvalue weighted by Gasteiger charge is -2.29. The third kappa shape index (κ3) is 8.05. The highest BCUT2D eigenvalue weighted by Crippen LogP contribution is 2.29. The molecule has 1 aromatic carbocycles. The molecule has 0 unspecified atom stereocenters. The smallest absolute Gasteiger partial charge is 0.306 e. The number of hydrogen-bond acceptors (Lipinski definition) is 5. The number of amides is 2. The number of aliphatic hydroxyl groups is 1. The molecule has 1 heterocycles. The first-order valence-corrected chi connectivity index (χ1v) is 13.0. The minimum absolute atomic E-state index is 0.0153. The maximum absolute atomic E-state index is 13.3. The van der Waals surface area contributed by atoms with Gasteiger partial charge in [0.1, 0.15) is 6.61 Å². The molecule has 3 rings (SSSR count). The van der Waals surface area contributed by atoms with Crippen molar-refractivity contribution in [1.82, 2.24) is 15.6 Å². The van der Waals surface area contributed by atoms with Crippen molar-refractivity contribution >= 4 is 28.7 Å². The van der Waals surface area contributed by atoms with E-state index in [1.54, 1.807) is 12.2 Å². The van der Waals surface area contributed by atoms with Gasteiger partial charge in [0.2, 0.25) is 11.8 Å². The molecule has 1 saturated carbocycles. The summed E-state index contributed by atoms with van der Waals surface area (Å²) in [7, 11) is 0. The number of aromatic amines is 1. The van der Waals surface area contributed by atoms with Crippen molar-refractivity contribution in [1.29, 1.82) is 0 Å². The fourth-order valence-electron chi connectivity index (χ4n) is 4.95. The van der Waals surface area contributed by atoms with Crippen LogP contribution in [0.1, 0.15) is 56.9 Å². The summed E-state index contributed by atoms with van der Waals surface area (Å²) in [6, 6.07) is 7.39. The van der Waals surface area contributed by atoms with E-state index in [0.29, 0.717) is 19.3 Å². The third-order valence-electron chi connectivity index (χ3n) is 7.01. The number of allylic oxidation sites excluding steroid dienone is 2. The highest BCUT2D eigenvalue weighted by molar-refractivity contribution is 5.87. The molecule has 1 aliphatic carbocycles. The average molecular weight is 510 g/mol. The van der Waals surface area contributed by atoms with Gasteiger partial charge >= 0.3 is 5.97 Å². The third-order valence-corrected chi connectivity index (χ3v) is 7.01. The van der Waals surface area contributed by atoms with Gasteiger partial charge in [0.15, 0.2) is 0 Å². The van der Waals surface area contributed by atoms with Gasteiger partial charge in [-0.15, -0.1) is 13.2 Å². The Morgan fingerprint density at radius 1 is 1.16 bits per heavy atom. The zero-order valence-electron chi connectivity index (χ0n) is 21.5. The number of carbonyl (C=O) groups excluding carboxylic acids is 3. The monoisotopic (exact) mass is 509 g/mol. The van der Waals surface area contributed by atoms with Gasteiger partial charge in [0.25, 0.3) is 0 Å². The minimum Gasteiger partial charge on any atom is -0.463 e. The van der Waals surface area contributed by atoms with Gasteiger partial charge in [0, 0.05) is 29.9 Å². The highest BCUT2D eigenvalue weighted by atomic mass is 16.5. The average Bonchev–Trinajstić information content (AvgIpc) is 3.53. The van der Waals surface area contributed by atoms with Gasteiger partial charge in [-0.25, -0.2) is 0 Å². The molecule has 0 saturated heterocycles. The van der Waals surface area contributed by atoms with E-state index in [-0.39, 0.29) is 43.8 Å². The Balaban J connectivity index is 1.69. The first kappa shape index (κ1) is 28.2. The second-order valence-corrected chi connectivity index (χ2v) is 9.90. The topological polar surface area (TPSA) is 121 Å². The van der Waals surface area contributed by atoms with Crippen LogP contribution in [0.15, 0.2) is 55.8 Å². The van der Waals surface area contributed by atoms with Crippen LogP contribution in [0.2, 0.25) is 0 Å². The molecule has 4 N–H and O–H groups in total. The largest absolute Gasteiger partial charge is 0.463 e. The van der Waals surface area contributed by atoms with Crippen LogP contribution in [0.4, 0.5) is 0 Å². The molecule has 1 aromatic heterocycles. The molecule has 0 radical (unpaired) electrons. The van der Waals surface area contributed by atoms with Crippen molar-refractivity contribution in [2.45, 2.75) is 69.4 Å². The molecule has 2 aromatic rings. The molecule has 8 heteroatoms. The van der Waals surface area contributed by atoms with E-state index >= 15 is 0 Å². The summed E-state index contributed by atoms with van der Waals surface area (Å²) in [5, 5.41) is 16.8. The van der Waals surface area contributed by atoms with Crippen molar-refractivity contribution < 1.29 is 24.2 Å². The lowest BCUT2D eigenvalue weighted by atomic mass is 9.95. The van der Waals surface area contributed by atoms with Gasteiger partial charge in [-0.05, 0) is 43.7 Å². The number of para-hydroxylation sites is 1. The Bertz CT molecular complexity index is 1090. The predicted octanol–water partition coefficient (Wildman–Crippen LogP) is 3.71. The van der Waals surface area contributed by atoms with Crippen LogP contribution in [0.5, 0.6) is 0 Å². The number of fused-ring (bicyclic) bond motifs is 1. The Morgan fingerprint density at radius 3 is 2.62 bits per heavy atom. The molecule has 1 aliphatic rings. The number of benzene rings is 1. The van der Waals surface area contributed by atoms with Gasteiger partial charge in [0.05, 0.1) is 24.1 Å². The number of aliphatic hydroxyl groups excluding tert-OH is 1. The first-order chi connectivity index (χ1) is 17.9. The summed E-state index contributed by atoms with van der Waals surface area (Å²) >= 11 is 0. The van der Waals surface area contributed by atoms with E-state index in [1.165, 1.54) is 0 Å². The number of H-pyrrole nitrogens is 1. The highest BCUT2D eigenvalue weighted by Gasteiger charge is 2.35. The van der Waals surface area contributed by atoms with Gasteiger partial charge in [-0.3, -0.25) is 14.4 Å². The molecule has 8 nitrogen and oxygen atoms in total. The minimum atomic E-state index is -0.628. The van der Waals surface area contributed by atoms with E-state index in [1.807, 2.05) is 30.5 Å². The summed E-state index contributed by atoms with van der Waals surface area (Å²) in [5.74, 6) is -1.55. The van der Waals surface area contributed by atoms with E-state index in [0.717, 1.165) is 42.1 Å². The Labute approximate surface area is 218 Å². The summed E-state index contributed by atoms with van der Waals surface area (Å²) in [6.45, 7) is 7.28. The summed E-state index contributed by atoms with van der Waals surface area (Å²) in [4.78, 5) is 41.5. The molecular formula is C29H39N3O5. The lowest BCUT2D eigenvalue weighted by Crippen LogP contribution is -2.50. The molecule has 2 atom stereocenters. The van der Waals surface area contributed by atoms with Crippen LogP contribution in [-0.2, 0) is 25.5 Å². The standard InChI is InChI=1S/C29H39N3O5/c1-3-5-13-27(35)37-19-23(16-22-18-30-25-12-7-6-11-24(22)25)31-28(36)21(10-4-2)17-26(34)32-29(20-33)14-8-9-15-29/h3-4,6-7,11-12,18,21,23,30,33H,1-2,5,8-10,13-17,19-20H2,(H,31,36)(H,32,34)/t21-,23+/m1/s1. The molecule has 200 valence electrons. The van der Waals surface area contributed by atoms with E-state index in [2.05, 4.69) is 28.8 Å². The summed E-state index contributed by atoms with van der Waals surface area (Å²) in [6.07, 6.45) is 10.1. The van der Waals surface area contributed by atoms with Crippen molar-refractivity contribution in [3.63, 3.8) is 0 Å². The van der Waals surface area contributed by atoms with Crippen molar-refractivity contribution in [3.05, 3.63) is 61.3 Å². The van der Waals surface area contributed by atoms with Crippen molar-refractivity contribution in [2.75, 3.05) is 13.2 Å². The number of nitrogens with one attached hydrogen (secondary N) is 3. The number of esters is 1. The predicted molar refractivity (Wildman–Crippen MR) is 144 cm³/mol. The Hall–Kier alpha value is -3.39. The molecular weight excluding hydrogens is 470 g/mol. The molecule has 2 amide bonds. The van der Waals surface area contributed by atoms with Gasteiger partial charge < -0.3 is 25.5 Å². The van der Waals surface area contributed by atoms with Gasteiger partial charge in [-0.2, -0.15) is 0 Å². The van der Waals surface area contributed by atoms with Crippen LogP contribution < -0.4 is 10.6 Å². The fraction of sp³-hybridized carbons (Fsp3) is 0.483. The molecule has 0 bridgehead atoms. The van der Waals surface area contributed by atoms with Gasteiger partial charge in [-0.1, -0.05) is 43.2 Å². The van der Waals surface area contributed by atoms with Crippen LogP contribution in [0, 0.1) is 5.92 Å². The maximum Gasteiger partial charge on any atom is 0.306 e. The number of rotatable bonds is 15. The maximum atomic E-state index is 13.3. The molecule has 1 fully saturated rings. The van der Waals surface area contributed by atoms with Crippen molar-refractivity contribution in [3.8, 4) is 0 Å². The SMILES string of the molecule is C=CCCC(=O)OC[C@H](Cc1c[nH]c2ccccc12)NC(=O)[C@H](CC=C)CC(=O)NC1(CO)CCCC1. The molecule has 37 heavy (non-hydrogen) atoms. The Morgan fingerprint density at radius 2 is 1.92 bits per heavy atom. The normalized spacial score (nSPS) is 16.0. The number of aromatic nitrogens is 1. The number of hydrogen-bond donors (Lipinski definition) is 4. The fourth-order valence-corrected chi connectivity index (χ4v) is 4.95. The van der Waals surface area contributed by atoms with E-state index in [9.17, 15) is 19.5 Å². The quantitative estimate of drug-likeness (QED) is 0.216. The lowest BCUT2D eigenvalue weighted by molar-refractivity contribution is -0.145.